The number of thioether (sulfide) groups is 1. The predicted octanol–water partition coefficient (Wildman–Crippen LogP) is 6.48. The van der Waals surface area contributed by atoms with E-state index in [4.69, 9.17) is 4.98 Å². The first-order chi connectivity index (χ1) is 15.9. The smallest absolute Gasteiger partial charge is 0.274 e. The van der Waals surface area contributed by atoms with Crippen molar-refractivity contribution in [3.8, 4) is 10.4 Å². The van der Waals surface area contributed by atoms with Crippen molar-refractivity contribution in [1.82, 2.24) is 19.9 Å². The van der Waals surface area contributed by atoms with Gasteiger partial charge in [0.05, 0.1) is 21.4 Å². The number of imidazole rings is 1. The standard InChI is InChI=1S/C26H26N4OS2/c1-14-11-20(25-28-19-7-6-8-21(32-5)22(19)29-25)30(13-14)26(31)23-24(33-17(4)27-23)18-10-9-15(2)16(3)12-18/h6-10,12,20H,1,11,13H2,2-5H3,(H,28,29)/t20-/m0/s1. The van der Waals surface area contributed by atoms with Crippen LogP contribution in [0.25, 0.3) is 21.5 Å². The van der Waals surface area contributed by atoms with Crippen molar-refractivity contribution in [2.45, 2.75) is 38.1 Å². The summed E-state index contributed by atoms with van der Waals surface area (Å²) in [6.45, 7) is 10.9. The van der Waals surface area contributed by atoms with Gasteiger partial charge in [-0.3, -0.25) is 4.79 Å². The molecule has 7 heteroatoms. The summed E-state index contributed by atoms with van der Waals surface area (Å²) in [7, 11) is 0. The summed E-state index contributed by atoms with van der Waals surface area (Å²) in [5.41, 5.74) is 6.96. The van der Waals surface area contributed by atoms with Gasteiger partial charge < -0.3 is 9.88 Å². The highest BCUT2D eigenvalue weighted by molar-refractivity contribution is 7.98. The summed E-state index contributed by atoms with van der Waals surface area (Å²) in [5.74, 6) is 0.736. The van der Waals surface area contributed by atoms with Crippen molar-refractivity contribution in [1.29, 1.82) is 0 Å². The normalized spacial score (nSPS) is 16.2. The number of para-hydroxylation sites is 1. The third-order valence-corrected chi connectivity index (χ3v) is 8.04. The summed E-state index contributed by atoms with van der Waals surface area (Å²) >= 11 is 3.24. The molecule has 1 saturated heterocycles. The molecule has 2 aromatic heterocycles. The fourth-order valence-corrected chi connectivity index (χ4v) is 5.86. The van der Waals surface area contributed by atoms with Gasteiger partial charge in [-0.25, -0.2) is 9.97 Å². The van der Waals surface area contributed by atoms with Crippen LogP contribution in [0.3, 0.4) is 0 Å². The van der Waals surface area contributed by atoms with Gasteiger partial charge in [0.2, 0.25) is 0 Å². The molecule has 2 aromatic carbocycles. The highest BCUT2D eigenvalue weighted by Gasteiger charge is 2.37. The number of H-pyrrole nitrogens is 1. The summed E-state index contributed by atoms with van der Waals surface area (Å²) in [6, 6.07) is 12.3. The molecule has 1 aliphatic heterocycles. The molecule has 3 heterocycles. The van der Waals surface area contributed by atoms with E-state index in [1.807, 2.05) is 24.0 Å². The number of amides is 1. The Labute approximate surface area is 202 Å². The van der Waals surface area contributed by atoms with Crippen LogP contribution in [0, 0.1) is 20.8 Å². The summed E-state index contributed by atoms with van der Waals surface area (Å²) in [5, 5.41) is 0.884. The SMILES string of the molecule is C=C1C[C@@H](c2nc3c(SC)cccc3[nH]2)N(C(=O)c2nc(C)sc2-c2ccc(C)c(C)c2)C1. The molecule has 5 rings (SSSR count). The van der Waals surface area contributed by atoms with E-state index in [1.165, 1.54) is 11.1 Å². The van der Waals surface area contributed by atoms with Crippen molar-refractivity contribution in [3.05, 3.63) is 76.2 Å². The van der Waals surface area contributed by atoms with E-state index in [0.29, 0.717) is 18.7 Å². The van der Waals surface area contributed by atoms with Crippen LogP contribution in [0.4, 0.5) is 0 Å². The number of aromatic nitrogens is 3. The van der Waals surface area contributed by atoms with Crippen LogP contribution in [0.2, 0.25) is 0 Å². The monoisotopic (exact) mass is 474 g/mol. The summed E-state index contributed by atoms with van der Waals surface area (Å²) in [6.07, 6.45) is 2.75. The number of aromatic amines is 1. The number of hydrogen-bond acceptors (Lipinski definition) is 5. The number of rotatable bonds is 4. The fourth-order valence-electron chi connectivity index (χ4n) is 4.39. The molecular weight excluding hydrogens is 448 g/mol. The Balaban J connectivity index is 1.55. The number of thiazole rings is 1. The van der Waals surface area contributed by atoms with Crippen LogP contribution in [0.5, 0.6) is 0 Å². The number of fused-ring (bicyclic) bond motifs is 1. The number of benzene rings is 2. The second-order valence-electron chi connectivity index (χ2n) is 8.59. The molecule has 33 heavy (non-hydrogen) atoms. The molecule has 0 unspecified atom stereocenters. The molecule has 1 fully saturated rings. The Bertz CT molecular complexity index is 1400. The van der Waals surface area contributed by atoms with Crippen molar-refractivity contribution in [3.63, 3.8) is 0 Å². The number of carbonyl (C=O) groups excluding carboxylic acids is 1. The maximum atomic E-state index is 13.9. The number of carbonyl (C=O) groups is 1. The van der Waals surface area contributed by atoms with Gasteiger partial charge in [0.15, 0.2) is 0 Å². The van der Waals surface area contributed by atoms with Gasteiger partial charge in [0.1, 0.15) is 17.0 Å². The number of hydrogen-bond donors (Lipinski definition) is 1. The Morgan fingerprint density at radius 2 is 2.00 bits per heavy atom. The van der Waals surface area contributed by atoms with Gasteiger partial charge in [-0.15, -0.1) is 23.1 Å². The van der Waals surface area contributed by atoms with E-state index in [-0.39, 0.29) is 11.9 Å². The van der Waals surface area contributed by atoms with Crippen molar-refractivity contribution in [2.24, 2.45) is 0 Å². The zero-order valence-electron chi connectivity index (χ0n) is 19.2. The minimum absolute atomic E-state index is 0.0678. The minimum Gasteiger partial charge on any atom is -0.340 e. The summed E-state index contributed by atoms with van der Waals surface area (Å²) < 4.78 is 0. The van der Waals surface area contributed by atoms with E-state index in [9.17, 15) is 4.79 Å². The molecule has 5 nitrogen and oxygen atoms in total. The maximum absolute atomic E-state index is 13.9. The number of aryl methyl sites for hydroxylation is 3. The van der Waals surface area contributed by atoms with Crippen molar-refractivity contribution < 1.29 is 4.79 Å². The van der Waals surface area contributed by atoms with Gasteiger partial charge >= 0.3 is 0 Å². The van der Waals surface area contributed by atoms with Gasteiger partial charge in [-0.1, -0.05) is 36.4 Å². The summed E-state index contributed by atoms with van der Waals surface area (Å²) in [4.78, 5) is 30.8. The number of nitrogens with zero attached hydrogens (tertiary/aromatic N) is 3. The molecular formula is C26H26N4OS2. The lowest BCUT2D eigenvalue weighted by atomic mass is 10.0. The van der Waals surface area contributed by atoms with Crippen LogP contribution in [-0.4, -0.2) is 38.6 Å². The number of likely N-dealkylation sites (tertiary alicyclic amines) is 1. The van der Waals surface area contributed by atoms with Crippen LogP contribution >= 0.6 is 23.1 Å². The first kappa shape index (κ1) is 21.9. The predicted molar refractivity (Wildman–Crippen MR) is 137 cm³/mol. The quantitative estimate of drug-likeness (QED) is 0.272. The Morgan fingerprint density at radius 1 is 1.18 bits per heavy atom. The molecule has 1 N–H and O–H groups in total. The highest BCUT2D eigenvalue weighted by Crippen LogP contribution is 2.39. The highest BCUT2D eigenvalue weighted by atomic mass is 32.2. The Hall–Kier alpha value is -2.90. The van der Waals surface area contributed by atoms with E-state index < -0.39 is 0 Å². The van der Waals surface area contributed by atoms with E-state index in [1.54, 1.807) is 23.1 Å². The fraction of sp³-hybridized carbons (Fsp3) is 0.269. The molecule has 0 spiro atoms. The van der Waals surface area contributed by atoms with Crippen LogP contribution in [0.15, 0.2) is 53.4 Å². The maximum Gasteiger partial charge on any atom is 0.274 e. The zero-order valence-corrected chi connectivity index (χ0v) is 20.9. The van der Waals surface area contributed by atoms with Crippen LogP contribution in [-0.2, 0) is 0 Å². The third kappa shape index (κ3) is 3.89. The molecule has 4 aromatic rings. The Morgan fingerprint density at radius 3 is 2.76 bits per heavy atom. The largest absolute Gasteiger partial charge is 0.340 e. The van der Waals surface area contributed by atoms with Gasteiger partial charge in [0.25, 0.3) is 5.91 Å². The lowest BCUT2D eigenvalue weighted by molar-refractivity contribution is 0.0728. The molecule has 1 amide bonds. The molecule has 1 aliphatic rings. The Kier molecular flexibility index (Phi) is 5.62. The number of nitrogens with one attached hydrogen (secondary N) is 1. The van der Waals surface area contributed by atoms with Gasteiger partial charge in [0, 0.05) is 11.4 Å². The van der Waals surface area contributed by atoms with Crippen LogP contribution < -0.4 is 0 Å². The topological polar surface area (TPSA) is 61.9 Å². The average Bonchev–Trinajstić information content (AvgIpc) is 3.50. The van der Waals surface area contributed by atoms with Gasteiger partial charge in [-0.2, -0.15) is 0 Å². The van der Waals surface area contributed by atoms with E-state index in [0.717, 1.165) is 42.8 Å². The van der Waals surface area contributed by atoms with Gasteiger partial charge in [-0.05, 0) is 62.3 Å². The second-order valence-corrected chi connectivity index (χ2v) is 10.6. The van der Waals surface area contributed by atoms with E-state index >= 15 is 0 Å². The molecule has 1 atom stereocenters. The van der Waals surface area contributed by atoms with Crippen molar-refractivity contribution >= 4 is 40.0 Å². The lowest BCUT2D eigenvalue weighted by Gasteiger charge is -2.22. The molecule has 168 valence electrons. The first-order valence-corrected chi connectivity index (χ1v) is 12.9. The van der Waals surface area contributed by atoms with E-state index in [2.05, 4.69) is 60.9 Å². The molecule has 0 bridgehead atoms. The zero-order chi connectivity index (χ0) is 23.3. The minimum atomic E-state index is -0.179. The first-order valence-electron chi connectivity index (χ1n) is 10.9. The third-order valence-electron chi connectivity index (χ3n) is 6.25. The lowest BCUT2D eigenvalue weighted by Crippen LogP contribution is -2.31. The average molecular weight is 475 g/mol. The van der Waals surface area contributed by atoms with Crippen LogP contribution in [0.1, 0.15) is 44.9 Å². The molecule has 0 aliphatic carbocycles. The molecule has 0 saturated carbocycles. The van der Waals surface area contributed by atoms with Crippen molar-refractivity contribution in [2.75, 3.05) is 12.8 Å². The molecule has 0 radical (unpaired) electrons. The second kappa shape index (κ2) is 8.47.